The molecule has 0 bridgehead atoms. The Kier molecular flexibility index (Phi) is 5.49. The van der Waals surface area contributed by atoms with Gasteiger partial charge in [-0.1, -0.05) is 6.92 Å². The molecule has 1 N–H and O–H groups in total. The Morgan fingerprint density at radius 1 is 1.50 bits per heavy atom. The summed E-state index contributed by atoms with van der Waals surface area (Å²) >= 11 is 0. The first-order valence-corrected chi connectivity index (χ1v) is 5.95. The normalized spacial score (nSPS) is 11.3. The molecule has 1 aromatic heterocycles. The molecule has 0 aromatic carbocycles. The zero-order valence-electron chi connectivity index (χ0n) is 10.8. The maximum atomic E-state index is 5.00. The topological polar surface area (TPSA) is 39.1 Å². The molecule has 1 rings (SSSR count). The summed E-state index contributed by atoms with van der Waals surface area (Å²) in [6, 6.07) is 0.433. The lowest BCUT2D eigenvalue weighted by Crippen LogP contribution is -2.19. The number of ether oxygens (including phenoxy) is 1. The molecule has 4 heteroatoms. The number of methoxy groups -OCH3 is 1. The summed E-state index contributed by atoms with van der Waals surface area (Å²) in [6.07, 6.45) is 3.00. The summed E-state index contributed by atoms with van der Waals surface area (Å²) in [7, 11) is 1.72. The van der Waals surface area contributed by atoms with Gasteiger partial charge in [-0.25, -0.2) is 0 Å². The van der Waals surface area contributed by atoms with Gasteiger partial charge in [0.25, 0.3) is 0 Å². The van der Waals surface area contributed by atoms with Gasteiger partial charge in [-0.3, -0.25) is 4.68 Å². The molecule has 0 saturated carbocycles. The Bertz CT molecular complexity index is 307. The van der Waals surface area contributed by atoms with Gasteiger partial charge in [-0.15, -0.1) is 0 Å². The summed E-state index contributed by atoms with van der Waals surface area (Å²) in [6.45, 7) is 9.00. The first-order valence-electron chi connectivity index (χ1n) is 5.95. The average Bonchev–Trinajstić information content (AvgIpc) is 2.67. The van der Waals surface area contributed by atoms with Crippen LogP contribution in [0.1, 0.15) is 38.1 Å². The molecule has 0 aliphatic heterocycles. The van der Waals surface area contributed by atoms with Crippen molar-refractivity contribution in [1.82, 2.24) is 15.1 Å². The number of aromatic nitrogens is 2. The second kappa shape index (κ2) is 6.66. The third kappa shape index (κ3) is 3.32. The van der Waals surface area contributed by atoms with Crippen LogP contribution in [0, 0.1) is 0 Å². The minimum Gasteiger partial charge on any atom is -0.383 e. The highest BCUT2D eigenvalue weighted by Gasteiger charge is 2.10. The van der Waals surface area contributed by atoms with Gasteiger partial charge in [0.1, 0.15) is 0 Å². The lowest BCUT2D eigenvalue weighted by Gasteiger charge is -2.11. The van der Waals surface area contributed by atoms with Crippen molar-refractivity contribution in [2.75, 3.05) is 20.3 Å². The molecule has 0 fully saturated rings. The number of hydrogen-bond donors (Lipinski definition) is 1. The molecule has 0 unspecified atom stereocenters. The van der Waals surface area contributed by atoms with E-state index in [1.165, 1.54) is 11.3 Å². The van der Waals surface area contributed by atoms with Crippen molar-refractivity contribution in [2.24, 2.45) is 0 Å². The molecular formula is C12H23N3O. The SMILES string of the molecule is CCc1c(CNCCOC)cnn1C(C)C. The summed E-state index contributed by atoms with van der Waals surface area (Å²) < 4.78 is 7.10. The van der Waals surface area contributed by atoms with Gasteiger partial charge >= 0.3 is 0 Å². The quantitative estimate of drug-likeness (QED) is 0.719. The monoisotopic (exact) mass is 225 g/mol. The average molecular weight is 225 g/mol. The van der Waals surface area contributed by atoms with Gasteiger partial charge in [0, 0.05) is 37.5 Å². The Morgan fingerprint density at radius 3 is 2.81 bits per heavy atom. The highest BCUT2D eigenvalue weighted by molar-refractivity contribution is 5.18. The predicted octanol–water partition coefficient (Wildman–Crippen LogP) is 1.76. The molecule has 4 nitrogen and oxygen atoms in total. The summed E-state index contributed by atoms with van der Waals surface area (Å²) in [5.74, 6) is 0. The molecule has 0 aliphatic rings. The van der Waals surface area contributed by atoms with E-state index in [1.54, 1.807) is 7.11 Å². The molecule has 0 atom stereocenters. The molecule has 0 radical (unpaired) electrons. The van der Waals surface area contributed by atoms with E-state index in [-0.39, 0.29) is 0 Å². The highest BCUT2D eigenvalue weighted by Crippen LogP contribution is 2.14. The van der Waals surface area contributed by atoms with Crippen molar-refractivity contribution < 1.29 is 4.74 Å². The fraction of sp³-hybridized carbons (Fsp3) is 0.750. The summed E-state index contributed by atoms with van der Waals surface area (Å²) in [5.41, 5.74) is 2.63. The van der Waals surface area contributed by atoms with E-state index in [0.717, 1.165) is 26.1 Å². The van der Waals surface area contributed by atoms with Crippen molar-refractivity contribution >= 4 is 0 Å². The number of rotatable bonds is 7. The van der Waals surface area contributed by atoms with Crippen LogP contribution in [-0.4, -0.2) is 30.0 Å². The lowest BCUT2D eigenvalue weighted by molar-refractivity contribution is 0.199. The molecule has 0 spiro atoms. The Morgan fingerprint density at radius 2 is 2.25 bits per heavy atom. The van der Waals surface area contributed by atoms with Crippen molar-refractivity contribution in [3.8, 4) is 0 Å². The van der Waals surface area contributed by atoms with Crippen LogP contribution in [0.5, 0.6) is 0 Å². The maximum Gasteiger partial charge on any atom is 0.0587 e. The molecule has 92 valence electrons. The van der Waals surface area contributed by atoms with Crippen LogP contribution in [-0.2, 0) is 17.7 Å². The summed E-state index contributed by atoms with van der Waals surface area (Å²) in [5, 5.41) is 7.78. The van der Waals surface area contributed by atoms with Gasteiger partial charge in [0.2, 0.25) is 0 Å². The van der Waals surface area contributed by atoms with Crippen LogP contribution in [0.25, 0.3) is 0 Å². The van der Waals surface area contributed by atoms with E-state index >= 15 is 0 Å². The van der Waals surface area contributed by atoms with Gasteiger partial charge in [-0.2, -0.15) is 5.10 Å². The third-order valence-electron chi connectivity index (χ3n) is 2.61. The Balaban J connectivity index is 2.58. The van der Waals surface area contributed by atoms with Crippen molar-refractivity contribution in [3.05, 3.63) is 17.5 Å². The van der Waals surface area contributed by atoms with Crippen LogP contribution in [0.15, 0.2) is 6.20 Å². The zero-order chi connectivity index (χ0) is 12.0. The molecule has 0 aliphatic carbocycles. The van der Waals surface area contributed by atoms with E-state index < -0.39 is 0 Å². The van der Waals surface area contributed by atoms with Crippen molar-refractivity contribution in [3.63, 3.8) is 0 Å². The molecular weight excluding hydrogens is 202 g/mol. The van der Waals surface area contributed by atoms with E-state index in [2.05, 4.69) is 35.9 Å². The van der Waals surface area contributed by atoms with Gasteiger partial charge in [0.15, 0.2) is 0 Å². The minimum absolute atomic E-state index is 0.433. The molecule has 1 aromatic rings. The van der Waals surface area contributed by atoms with Crippen LogP contribution >= 0.6 is 0 Å². The number of nitrogens with zero attached hydrogens (tertiary/aromatic N) is 2. The fourth-order valence-corrected chi connectivity index (χ4v) is 1.80. The maximum absolute atomic E-state index is 5.00. The fourth-order valence-electron chi connectivity index (χ4n) is 1.80. The lowest BCUT2D eigenvalue weighted by atomic mass is 10.2. The second-order valence-corrected chi connectivity index (χ2v) is 4.18. The summed E-state index contributed by atoms with van der Waals surface area (Å²) in [4.78, 5) is 0. The van der Waals surface area contributed by atoms with Crippen LogP contribution < -0.4 is 5.32 Å². The smallest absolute Gasteiger partial charge is 0.0587 e. The third-order valence-corrected chi connectivity index (χ3v) is 2.61. The highest BCUT2D eigenvalue weighted by atomic mass is 16.5. The first kappa shape index (κ1) is 13.2. The molecule has 1 heterocycles. The zero-order valence-corrected chi connectivity index (χ0v) is 10.8. The molecule has 0 saturated heterocycles. The van der Waals surface area contributed by atoms with Crippen LogP contribution in [0.2, 0.25) is 0 Å². The predicted molar refractivity (Wildman–Crippen MR) is 65.6 cm³/mol. The standard InChI is InChI=1S/C12H23N3O/c1-5-12-11(8-13-6-7-16-4)9-14-15(12)10(2)3/h9-10,13H,5-8H2,1-4H3. The Hall–Kier alpha value is -0.870. The van der Waals surface area contributed by atoms with E-state index in [1.807, 2.05) is 6.20 Å². The number of nitrogens with one attached hydrogen (secondary N) is 1. The molecule has 0 amide bonds. The van der Waals surface area contributed by atoms with E-state index in [0.29, 0.717) is 6.04 Å². The van der Waals surface area contributed by atoms with Gasteiger partial charge in [0.05, 0.1) is 12.8 Å². The number of hydrogen-bond acceptors (Lipinski definition) is 3. The van der Waals surface area contributed by atoms with Crippen LogP contribution in [0.4, 0.5) is 0 Å². The van der Waals surface area contributed by atoms with E-state index in [4.69, 9.17) is 4.74 Å². The first-order chi connectivity index (χ1) is 7.70. The molecule has 16 heavy (non-hydrogen) atoms. The second-order valence-electron chi connectivity index (χ2n) is 4.18. The van der Waals surface area contributed by atoms with Crippen molar-refractivity contribution in [1.29, 1.82) is 0 Å². The van der Waals surface area contributed by atoms with Crippen molar-refractivity contribution in [2.45, 2.75) is 39.8 Å². The van der Waals surface area contributed by atoms with E-state index in [9.17, 15) is 0 Å². The van der Waals surface area contributed by atoms with Gasteiger partial charge in [-0.05, 0) is 20.3 Å². The van der Waals surface area contributed by atoms with Crippen LogP contribution in [0.3, 0.4) is 0 Å². The minimum atomic E-state index is 0.433. The largest absolute Gasteiger partial charge is 0.383 e. The Labute approximate surface area is 98.0 Å². The van der Waals surface area contributed by atoms with Gasteiger partial charge < -0.3 is 10.1 Å².